The Hall–Kier alpha value is -2.23. The average Bonchev–Trinajstić information content (AvgIpc) is 3.11. The number of rotatable bonds is 5. The molecule has 1 aliphatic carbocycles. The minimum atomic E-state index is -3.65. The van der Waals surface area contributed by atoms with E-state index in [4.69, 9.17) is 5.73 Å². The number of carbonyl (C=O) groups excluding carboxylic acids is 2. The van der Waals surface area contributed by atoms with Crippen LogP contribution in [0.3, 0.4) is 0 Å². The van der Waals surface area contributed by atoms with Gasteiger partial charge < -0.3 is 11.1 Å². The molecule has 1 saturated heterocycles. The molecule has 2 atom stereocenters. The van der Waals surface area contributed by atoms with Crippen LogP contribution in [0, 0.1) is 11.8 Å². The van der Waals surface area contributed by atoms with Crippen molar-refractivity contribution in [1.82, 2.24) is 4.31 Å². The Labute approximate surface area is 186 Å². The molecule has 31 heavy (non-hydrogen) atoms. The summed E-state index contributed by atoms with van der Waals surface area (Å²) in [5.41, 5.74) is 7.03. The zero-order chi connectivity index (χ0) is 22.2. The molecule has 4 rings (SSSR count). The van der Waals surface area contributed by atoms with Crippen molar-refractivity contribution < 1.29 is 18.0 Å². The summed E-state index contributed by atoms with van der Waals surface area (Å²) in [6.45, 7) is 2.68. The first-order chi connectivity index (χ1) is 14.8. The number of sulfonamides is 1. The van der Waals surface area contributed by atoms with Gasteiger partial charge in [0.1, 0.15) is 5.00 Å². The molecule has 2 aromatic rings. The van der Waals surface area contributed by atoms with Crippen LogP contribution in [0.4, 0.5) is 5.00 Å². The molecular weight excluding hydrogens is 434 g/mol. The summed E-state index contributed by atoms with van der Waals surface area (Å²) in [6, 6.07) is 8.27. The maximum Gasteiger partial charge on any atom is 0.251 e. The number of amides is 2. The van der Waals surface area contributed by atoms with Crippen molar-refractivity contribution in [3.8, 4) is 0 Å². The standard InChI is InChI=1S/C22H27N3O4S2/c1-14-9-10-17-18(12-14)30-22(19(17)20(23)26)24-21(27)15-6-5-11-25(13-15)31(28,29)16-7-3-2-4-8-16/h2-4,7-8,14-15H,5-6,9-13H2,1H3,(H2,23,26)(H,24,27). The molecule has 0 spiro atoms. The number of hydrogen-bond donors (Lipinski definition) is 2. The summed E-state index contributed by atoms with van der Waals surface area (Å²) in [4.78, 5) is 26.5. The molecule has 9 heteroatoms. The highest BCUT2D eigenvalue weighted by atomic mass is 32.2. The largest absolute Gasteiger partial charge is 0.365 e. The third-order valence-electron chi connectivity index (χ3n) is 6.13. The summed E-state index contributed by atoms with van der Waals surface area (Å²) in [5.74, 6) is -0.738. The molecule has 1 aliphatic heterocycles. The van der Waals surface area contributed by atoms with Crippen LogP contribution in [0.5, 0.6) is 0 Å². The maximum absolute atomic E-state index is 13.1. The van der Waals surface area contributed by atoms with Crippen LogP contribution >= 0.6 is 11.3 Å². The summed E-state index contributed by atoms with van der Waals surface area (Å²) in [6.07, 6.45) is 3.86. The number of anilines is 1. The fraction of sp³-hybridized carbons (Fsp3) is 0.455. The van der Waals surface area contributed by atoms with Gasteiger partial charge in [-0.25, -0.2) is 8.42 Å². The zero-order valence-electron chi connectivity index (χ0n) is 17.5. The number of fused-ring (bicyclic) bond motifs is 1. The van der Waals surface area contributed by atoms with Crippen molar-refractivity contribution in [1.29, 1.82) is 0 Å². The second-order valence-corrected chi connectivity index (χ2v) is 11.5. The number of nitrogens with zero attached hydrogens (tertiary/aromatic N) is 1. The van der Waals surface area contributed by atoms with Crippen molar-refractivity contribution >= 4 is 38.2 Å². The lowest BCUT2D eigenvalue weighted by molar-refractivity contribution is -0.120. The molecule has 0 radical (unpaired) electrons. The molecule has 0 bridgehead atoms. The minimum absolute atomic E-state index is 0.122. The molecule has 1 aromatic carbocycles. The summed E-state index contributed by atoms with van der Waals surface area (Å²) >= 11 is 1.42. The van der Waals surface area contributed by atoms with Gasteiger partial charge in [0.05, 0.1) is 16.4 Å². The molecule has 0 saturated carbocycles. The van der Waals surface area contributed by atoms with Crippen LogP contribution in [0.15, 0.2) is 35.2 Å². The van der Waals surface area contributed by atoms with E-state index < -0.39 is 21.8 Å². The van der Waals surface area contributed by atoms with E-state index in [1.54, 1.807) is 30.3 Å². The lowest BCUT2D eigenvalue weighted by Gasteiger charge is -2.31. The van der Waals surface area contributed by atoms with Crippen LogP contribution < -0.4 is 11.1 Å². The first kappa shape index (κ1) is 22.0. The van der Waals surface area contributed by atoms with E-state index in [1.165, 1.54) is 15.6 Å². The van der Waals surface area contributed by atoms with Crippen molar-refractivity contribution in [2.24, 2.45) is 17.6 Å². The quantitative estimate of drug-likeness (QED) is 0.713. The molecule has 2 aliphatic rings. The topological polar surface area (TPSA) is 110 Å². The van der Waals surface area contributed by atoms with Crippen LogP contribution in [0.25, 0.3) is 0 Å². The van der Waals surface area contributed by atoms with Gasteiger partial charge in [-0.3, -0.25) is 9.59 Å². The number of piperidine rings is 1. The average molecular weight is 462 g/mol. The van der Waals surface area contributed by atoms with Gasteiger partial charge in [-0.15, -0.1) is 11.3 Å². The van der Waals surface area contributed by atoms with Gasteiger partial charge in [0.2, 0.25) is 15.9 Å². The summed E-state index contributed by atoms with van der Waals surface area (Å²) in [7, 11) is -3.65. The number of nitrogens with two attached hydrogens (primary N) is 1. The Morgan fingerprint density at radius 3 is 2.65 bits per heavy atom. The first-order valence-electron chi connectivity index (χ1n) is 10.6. The molecule has 1 fully saturated rings. The predicted molar refractivity (Wildman–Crippen MR) is 121 cm³/mol. The number of benzene rings is 1. The van der Waals surface area contributed by atoms with E-state index in [2.05, 4.69) is 12.2 Å². The van der Waals surface area contributed by atoms with Crippen LogP contribution in [-0.2, 0) is 27.7 Å². The third-order valence-corrected chi connectivity index (χ3v) is 9.18. The Morgan fingerprint density at radius 2 is 1.94 bits per heavy atom. The van der Waals surface area contributed by atoms with E-state index in [0.29, 0.717) is 35.9 Å². The molecule has 166 valence electrons. The number of hydrogen-bond acceptors (Lipinski definition) is 5. The molecule has 7 nitrogen and oxygen atoms in total. The fourth-order valence-corrected chi connectivity index (χ4v) is 7.39. The van der Waals surface area contributed by atoms with Crippen LogP contribution in [0.2, 0.25) is 0 Å². The Morgan fingerprint density at radius 1 is 1.19 bits per heavy atom. The van der Waals surface area contributed by atoms with Gasteiger partial charge in [-0.1, -0.05) is 25.1 Å². The van der Waals surface area contributed by atoms with Crippen molar-refractivity contribution in [3.05, 3.63) is 46.3 Å². The summed E-state index contributed by atoms with van der Waals surface area (Å²) in [5, 5.41) is 3.40. The third kappa shape index (κ3) is 4.40. The van der Waals surface area contributed by atoms with Gasteiger partial charge in [0, 0.05) is 18.0 Å². The Bertz CT molecular complexity index is 1100. The van der Waals surface area contributed by atoms with Gasteiger partial charge in [0.25, 0.3) is 5.91 Å². The van der Waals surface area contributed by atoms with E-state index in [1.807, 2.05) is 0 Å². The van der Waals surface area contributed by atoms with Crippen LogP contribution in [-0.4, -0.2) is 37.6 Å². The maximum atomic E-state index is 13.1. The number of carbonyl (C=O) groups is 2. The smallest absolute Gasteiger partial charge is 0.251 e. The molecule has 2 amide bonds. The Kier molecular flexibility index (Phi) is 6.18. The van der Waals surface area contributed by atoms with Gasteiger partial charge >= 0.3 is 0 Å². The second kappa shape index (κ2) is 8.72. The van der Waals surface area contributed by atoms with Crippen molar-refractivity contribution in [2.45, 2.75) is 43.9 Å². The number of primary amides is 1. The number of nitrogens with one attached hydrogen (secondary N) is 1. The SMILES string of the molecule is CC1CCc2c(sc(NC(=O)C3CCCN(S(=O)(=O)c4ccccc4)C3)c2C(N)=O)C1. The van der Waals surface area contributed by atoms with Gasteiger partial charge in [0.15, 0.2) is 0 Å². The predicted octanol–water partition coefficient (Wildman–Crippen LogP) is 3.01. The molecular formula is C22H27N3O4S2. The lowest BCUT2D eigenvalue weighted by Crippen LogP contribution is -2.43. The lowest BCUT2D eigenvalue weighted by atomic mass is 9.88. The van der Waals surface area contributed by atoms with E-state index >= 15 is 0 Å². The highest BCUT2D eigenvalue weighted by molar-refractivity contribution is 7.89. The molecule has 1 aromatic heterocycles. The van der Waals surface area contributed by atoms with E-state index in [0.717, 1.165) is 29.7 Å². The minimum Gasteiger partial charge on any atom is -0.365 e. The molecule has 2 heterocycles. The molecule has 3 N–H and O–H groups in total. The second-order valence-electron chi connectivity index (χ2n) is 8.42. The van der Waals surface area contributed by atoms with Crippen molar-refractivity contribution in [2.75, 3.05) is 18.4 Å². The monoisotopic (exact) mass is 461 g/mol. The first-order valence-corrected chi connectivity index (χ1v) is 12.8. The van der Waals surface area contributed by atoms with Gasteiger partial charge in [-0.05, 0) is 55.7 Å². The summed E-state index contributed by atoms with van der Waals surface area (Å²) < 4.78 is 27.3. The highest BCUT2D eigenvalue weighted by Crippen LogP contribution is 2.40. The van der Waals surface area contributed by atoms with E-state index in [9.17, 15) is 18.0 Å². The fourth-order valence-electron chi connectivity index (χ4n) is 4.43. The van der Waals surface area contributed by atoms with Crippen molar-refractivity contribution in [3.63, 3.8) is 0 Å². The van der Waals surface area contributed by atoms with Crippen LogP contribution in [0.1, 0.15) is 47.0 Å². The Balaban J connectivity index is 1.52. The van der Waals surface area contributed by atoms with Gasteiger partial charge in [-0.2, -0.15) is 4.31 Å². The molecule has 2 unspecified atom stereocenters. The van der Waals surface area contributed by atoms with E-state index in [-0.39, 0.29) is 17.3 Å². The zero-order valence-corrected chi connectivity index (χ0v) is 19.1. The normalized spacial score (nSPS) is 22.0. The number of thiophene rings is 1. The highest BCUT2D eigenvalue weighted by Gasteiger charge is 2.34.